The summed E-state index contributed by atoms with van der Waals surface area (Å²) in [5.74, 6) is -1.99. The summed E-state index contributed by atoms with van der Waals surface area (Å²) in [6.45, 7) is 1.83. The van der Waals surface area contributed by atoms with E-state index in [9.17, 15) is 23.5 Å². The third-order valence-electron chi connectivity index (χ3n) is 5.20. The number of aromatic nitrogens is 1. The summed E-state index contributed by atoms with van der Waals surface area (Å²) in [6, 6.07) is 3.09. The predicted octanol–water partition coefficient (Wildman–Crippen LogP) is 3.57. The summed E-state index contributed by atoms with van der Waals surface area (Å²) >= 11 is 0. The number of hydrogen-bond acceptors (Lipinski definition) is 5. The Morgan fingerprint density at radius 1 is 1.17 bits per heavy atom. The van der Waals surface area contributed by atoms with E-state index < -0.39 is 35.6 Å². The molecule has 0 saturated heterocycles. The second-order valence-electron chi connectivity index (χ2n) is 7.54. The summed E-state index contributed by atoms with van der Waals surface area (Å²) in [5, 5.41) is 19.1. The highest BCUT2D eigenvalue weighted by Crippen LogP contribution is 2.34. The minimum absolute atomic E-state index is 0.238. The predicted molar refractivity (Wildman–Crippen MR) is 104 cm³/mol. The van der Waals surface area contributed by atoms with Gasteiger partial charge in [-0.15, -0.1) is 0 Å². The van der Waals surface area contributed by atoms with Crippen LogP contribution in [0.4, 0.5) is 14.6 Å². The van der Waals surface area contributed by atoms with Gasteiger partial charge in [0.1, 0.15) is 23.4 Å². The molecule has 1 aromatic heterocycles. The third kappa shape index (κ3) is 5.41. The Morgan fingerprint density at radius 3 is 2.47 bits per heavy atom. The molecule has 3 rings (SSSR count). The average molecular weight is 421 g/mol. The molecule has 2 unspecified atom stereocenters. The Labute approximate surface area is 172 Å². The fourth-order valence-corrected chi connectivity index (χ4v) is 3.66. The van der Waals surface area contributed by atoms with Gasteiger partial charge in [-0.3, -0.25) is 9.59 Å². The molecule has 3 N–H and O–H groups in total. The number of carbonyl (C=O) groups excluding carboxylic acids is 2. The zero-order valence-electron chi connectivity index (χ0n) is 16.7. The van der Waals surface area contributed by atoms with Gasteiger partial charge < -0.3 is 20.3 Å². The number of aliphatic hydroxyl groups excluding tert-OH is 1. The van der Waals surface area contributed by atoms with Gasteiger partial charge in [-0.2, -0.15) is 0 Å². The van der Waals surface area contributed by atoms with Crippen molar-refractivity contribution in [2.75, 3.05) is 5.32 Å². The maximum atomic E-state index is 13.4. The number of benzene rings is 1. The lowest BCUT2D eigenvalue weighted by Crippen LogP contribution is -2.45. The smallest absolute Gasteiger partial charge is 0.254 e. The zero-order chi connectivity index (χ0) is 21.7. The number of carbonyl (C=O) groups is 2. The molecule has 0 radical (unpaired) electrons. The lowest BCUT2D eigenvalue weighted by atomic mass is 10.1. The molecule has 9 heteroatoms. The number of hydrogen-bond donors (Lipinski definition) is 3. The van der Waals surface area contributed by atoms with Crippen LogP contribution in [0.3, 0.4) is 0 Å². The molecule has 1 aliphatic rings. The van der Waals surface area contributed by atoms with Gasteiger partial charge in [0.15, 0.2) is 11.9 Å². The summed E-state index contributed by atoms with van der Waals surface area (Å²) in [6.07, 6.45) is 3.38. The molecule has 7 nitrogen and oxygen atoms in total. The normalized spacial score (nSPS) is 16.3. The Hall–Kier alpha value is -2.81. The molecule has 0 aliphatic heterocycles. The van der Waals surface area contributed by atoms with Gasteiger partial charge in [-0.25, -0.2) is 8.78 Å². The summed E-state index contributed by atoms with van der Waals surface area (Å²) in [5.41, 5.74) is -0.238. The van der Waals surface area contributed by atoms with E-state index in [-0.39, 0.29) is 11.4 Å². The molecule has 2 aromatic rings. The topological polar surface area (TPSA) is 104 Å². The zero-order valence-corrected chi connectivity index (χ0v) is 16.7. The Bertz CT molecular complexity index is 876. The van der Waals surface area contributed by atoms with Crippen LogP contribution in [0.2, 0.25) is 0 Å². The molecule has 162 valence electrons. The molecular formula is C21H25F2N3O4. The summed E-state index contributed by atoms with van der Waals surface area (Å²) in [7, 11) is 0. The van der Waals surface area contributed by atoms with E-state index in [1.807, 2.05) is 6.92 Å². The SMILES string of the molecule is CCCC(NC(=O)C(O)c1cc(F)cc(F)c1)C(=O)Nc1cc(C2CCCC2)on1. The summed E-state index contributed by atoms with van der Waals surface area (Å²) < 4.78 is 32.0. The minimum atomic E-state index is -1.82. The van der Waals surface area contributed by atoms with Crippen molar-refractivity contribution in [2.45, 2.75) is 63.5 Å². The van der Waals surface area contributed by atoms with Crippen molar-refractivity contribution >= 4 is 17.6 Å². The van der Waals surface area contributed by atoms with E-state index >= 15 is 0 Å². The Balaban J connectivity index is 1.64. The lowest BCUT2D eigenvalue weighted by Gasteiger charge is -2.19. The molecule has 30 heavy (non-hydrogen) atoms. The van der Waals surface area contributed by atoms with Crippen LogP contribution >= 0.6 is 0 Å². The van der Waals surface area contributed by atoms with Gasteiger partial charge in [-0.1, -0.05) is 31.3 Å². The van der Waals surface area contributed by atoms with Gasteiger partial charge in [-0.05, 0) is 37.0 Å². The van der Waals surface area contributed by atoms with Crippen molar-refractivity contribution < 1.29 is 28.0 Å². The van der Waals surface area contributed by atoms with Crippen LogP contribution in [0.25, 0.3) is 0 Å². The van der Waals surface area contributed by atoms with Crippen molar-refractivity contribution in [3.8, 4) is 0 Å². The molecular weight excluding hydrogens is 396 g/mol. The number of aliphatic hydroxyl groups is 1. The van der Waals surface area contributed by atoms with Gasteiger partial charge in [0, 0.05) is 18.1 Å². The highest BCUT2D eigenvalue weighted by Gasteiger charge is 2.27. The first-order valence-corrected chi connectivity index (χ1v) is 10.1. The van der Waals surface area contributed by atoms with Crippen molar-refractivity contribution in [1.82, 2.24) is 10.5 Å². The molecule has 0 spiro atoms. The van der Waals surface area contributed by atoms with E-state index in [2.05, 4.69) is 15.8 Å². The molecule has 2 atom stereocenters. The molecule has 1 saturated carbocycles. The third-order valence-corrected chi connectivity index (χ3v) is 5.20. The number of halogens is 2. The number of nitrogens with one attached hydrogen (secondary N) is 2. The van der Waals surface area contributed by atoms with Crippen LogP contribution in [0, 0.1) is 11.6 Å². The molecule has 1 aromatic carbocycles. The number of anilines is 1. The van der Waals surface area contributed by atoms with Crippen molar-refractivity contribution in [3.63, 3.8) is 0 Å². The fraction of sp³-hybridized carbons (Fsp3) is 0.476. The van der Waals surface area contributed by atoms with Crippen LogP contribution in [-0.4, -0.2) is 28.1 Å². The first-order valence-electron chi connectivity index (χ1n) is 10.1. The van der Waals surface area contributed by atoms with Crippen LogP contribution in [0.1, 0.15) is 68.8 Å². The number of amides is 2. The summed E-state index contributed by atoms with van der Waals surface area (Å²) in [4.78, 5) is 25.0. The van der Waals surface area contributed by atoms with E-state index in [0.717, 1.165) is 43.6 Å². The van der Waals surface area contributed by atoms with Crippen LogP contribution in [0.5, 0.6) is 0 Å². The van der Waals surface area contributed by atoms with Gasteiger partial charge in [0.05, 0.1) is 0 Å². The highest BCUT2D eigenvalue weighted by molar-refractivity contribution is 5.97. The quantitative estimate of drug-likeness (QED) is 0.605. The van der Waals surface area contributed by atoms with Crippen molar-refractivity contribution in [3.05, 3.63) is 47.2 Å². The van der Waals surface area contributed by atoms with E-state index in [1.165, 1.54) is 0 Å². The number of rotatable bonds is 8. The van der Waals surface area contributed by atoms with Crippen LogP contribution in [-0.2, 0) is 9.59 Å². The van der Waals surface area contributed by atoms with Gasteiger partial charge >= 0.3 is 0 Å². The van der Waals surface area contributed by atoms with Crippen molar-refractivity contribution in [1.29, 1.82) is 0 Å². The maximum absolute atomic E-state index is 13.4. The van der Waals surface area contributed by atoms with E-state index in [4.69, 9.17) is 4.52 Å². The van der Waals surface area contributed by atoms with Gasteiger partial charge in [0.2, 0.25) is 5.91 Å². The highest BCUT2D eigenvalue weighted by atomic mass is 19.1. The lowest BCUT2D eigenvalue weighted by molar-refractivity contribution is -0.133. The molecule has 0 bridgehead atoms. The second kappa shape index (κ2) is 9.80. The monoisotopic (exact) mass is 421 g/mol. The molecule has 2 amide bonds. The molecule has 1 fully saturated rings. The van der Waals surface area contributed by atoms with Crippen LogP contribution in [0.15, 0.2) is 28.8 Å². The second-order valence-corrected chi connectivity index (χ2v) is 7.54. The first kappa shape index (κ1) is 21.9. The van der Waals surface area contributed by atoms with E-state index in [1.54, 1.807) is 6.07 Å². The largest absolute Gasteiger partial charge is 0.378 e. The van der Waals surface area contributed by atoms with Crippen LogP contribution < -0.4 is 10.6 Å². The van der Waals surface area contributed by atoms with Gasteiger partial charge in [0.25, 0.3) is 5.91 Å². The standard InChI is InChI=1S/C21H25F2N3O4/c1-2-5-16(24-21(29)19(27)13-8-14(22)10-15(23)9-13)20(28)25-18-11-17(30-26-18)12-6-3-4-7-12/h8-12,16,19,27H,2-7H2,1H3,(H,24,29)(H,25,26,28). The van der Waals surface area contributed by atoms with E-state index in [0.29, 0.717) is 24.8 Å². The molecule has 1 heterocycles. The van der Waals surface area contributed by atoms with Crippen molar-refractivity contribution in [2.24, 2.45) is 0 Å². The maximum Gasteiger partial charge on any atom is 0.254 e. The fourth-order valence-electron chi connectivity index (χ4n) is 3.66. The number of nitrogens with zero attached hydrogens (tertiary/aromatic N) is 1. The average Bonchev–Trinajstić information content (AvgIpc) is 3.37. The first-order chi connectivity index (χ1) is 14.4. The molecule has 1 aliphatic carbocycles. The minimum Gasteiger partial charge on any atom is -0.378 e. The Morgan fingerprint density at radius 2 is 1.83 bits per heavy atom. The Kier molecular flexibility index (Phi) is 7.15.